The summed E-state index contributed by atoms with van der Waals surface area (Å²) in [6, 6.07) is 18.4. The molecule has 3 aromatic carbocycles. The van der Waals surface area contributed by atoms with E-state index in [1.807, 2.05) is 0 Å². The van der Waals surface area contributed by atoms with Crippen molar-refractivity contribution in [1.29, 1.82) is 0 Å². The molecule has 1 aliphatic heterocycles. The molecule has 1 unspecified atom stereocenters. The summed E-state index contributed by atoms with van der Waals surface area (Å²) in [4.78, 5) is 2.79. The molecule has 0 spiro atoms. The Kier molecular flexibility index (Phi) is 6.88. The summed E-state index contributed by atoms with van der Waals surface area (Å²) in [5.41, 5.74) is 11.8. The molecule has 0 saturated heterocycles. The molecule has 0 fully saturated rings. The average Bonchev–Trinajstić information content (AvgIpc) is 2.73. The Labute approximate surface area is 216 Å². The monoisotopic (exact) mass is 528 g/mol. The number of hydrogen-bond donors (Lipinski definition) is 0. The molecule has 3 aromatic rings. The molecule has 0 radical (unpaired) electrons. The predicted octanol–water partition coefficient (Wildman–Crippen LogP) is 7.55. The topological polar surface area (TPSA) is 9.23 Å². The van der Waals surface area contributed by atoms with E-state index in [1.165, 1.54) is 45.4 Å². The van der Waals surface area contributed by atoms with E-state index in [2.05, 4.69) is 116 Å². The maximum absolute atomic E-state index is 5.47. The van der Waals surface area contributed by atoms with Crippen molar-refractivity contribution >= 4 is 27.6 Å². The molecule has 0 aliphatic carbocycles. The van der Waals surface area contributed by atoms with Gasteiger partial charge in [-0.1, -0.05) is 0 Å². The van der Waals surface area contributed by atoms with Gasteiger partial charge in [-0.3, -0.25) is 0 Å². The number of rotatable bonds is 5. The third kappa shape index (κ3) is 4.65. The van der Waals surface area contributed by atoms with Crippen LogP contribution in [0.3, 0.4) is 0 Å². The Balaban J connectivity index is 2.08. The average molecular weight is 527 g/mol. The van der Waals surface area contributed by atoms with E-state index in [0.29, 0.717) is 4.75 Å². The van der Waals surface area contributed by atoms with Gasteiger partial charge in [0, 0.05) is 0 Å². The molecule has 2 heteroatoms. The van der Waals surface area contributed by atoms with E-state index in [0.717, 1.165) is 5.75 Å². The van der Waals surface area contributed by atoms with E-state index in [1.54, 1.807) is 21.5 Å². The number of methoxy groups -OCH3 is 1. The zero-order valence-electron chi connectivity index (χ0n) is 23.4. The Morgan fingerprint density at radius 1 is 0.714 bits per heavy atom. The van der Waals surface area contributed by atoms with Gasteiger partial charge in [-0.25, -0.2) is 0 Å². The van der Waals surface area contributed by atoms with Crippen LogP contribution in [0, 0.1) is 47.0 Å². The van der Waals surface area contributed by atoms with Crippen LogP contribution >= 0.6 is 0 Å². The fraction of sp³-hybridized carbons (Fsp3) is 0.394. The van der Waals surface area contributed by atoms with E-state index in [9.17, 15) is 0 Å². The van der Waals surface area contributed by atoms with Crippen molar-refractivity contribution in [2.75, 3.05) is 7.11 Å². The van der Waals surface area contributed by atoms with Crippen LogP contribution in [-0.4, -0.2) is 20.4 Å². The molecule has 0 N–H and O–H groups in total. The normalized spacial score (nSPS) is 17.1. The van der Waals surface area contributed by atoms with E-state index >= 15 is 0 Å². The van der Waals surface area contributed by atoms with Crippen LogP contribution < -0.4 is 13.5 Å². The first-order chi connectivity index (χ1) is 16.4. The van der Waals surface area contributed by atoms with Crippen molar-refractivity contribution in [2.24, 2.45) is 5.41 Å². The molecule has 1 heterocycles. The predicted molar refractivity (Wildman–Crippen MR) is 155 cm³/mol. The molecule has 184 valence electrons. The summed E-state index contributed by atoms with van der Waals surface area (Å²) >= 11 is -2.94. The van der Waals surface area contributed by atoms with Crippen LogP contribution in [0.2, 0.25) is 4.75 Å². The van der Waals surface area contributed by atoms with Gasteiger partial charge in [0.15, 0.2) is 0 Å². The van der Waals surface area contributed by atoms with Gasteiger partial charge < -0.3 is 0 Å². The van der Waals surface area contributed by atoms with Crippen LogP contribution in [0.25, 0.3) is 5.57 Å². The molecule has 0 bridgehead atoms. The van der Waals surface area contributed by atoms with Gasteiger partial charge in [-0.05, 0) is 0 Å². The van der Waals surface area contributed by atoms with Crippen LogP contribution in [-0.2, 0) is 0 Å². The quantitative estimate of drug-likeness (QED) is 0.312. The number of ether oxygens (including phenoxy) is 1. The first-order valence-electron chi connectivity index (χ1n) is 12.9. The first kappa shape index (κ1) is 25.8. The van der Waals surface area contributed by atoms with Crippen LogP contribution in [0.4, 0.5) is 0 Å². The van der Waals surface area contributed by atoms with Crippen molar-refractivity contribution in [2.45, 2.75) is 73.5 Å². The zero-order valence-corrected chi connectivity index (χ0v) is 25.5. The van der Waals surface area contributed by atoms with Gasteiger partial charge in [0.1, 0.15) is 0 Å². The standard InChI is InChI=1S/C33H42GeO/c1-21-15-23(3)31(24(4)16-21)34(32-25(5)17-22(2)18-26(32)6)20-29(30(34)19-33(7,8)9)27-11-13-28(35-10)14-12-27/h11-18,20,30H,19H2,1-10H3. The van der Waals surface area contributed by atoms with E-state index in [-0.39, 0.29) is 5.41 Å². The van der Waals surface area contributed by atoms with Gasteiger partial charge in [0.05, 0.1) is 0 Å². The summed E-state index contributed by atoms with van der Waals surface area (Å²) < 4.78 is 9.39. The van der Waals surface area contributed by atoms with Crippen LogP contribution in [0.15, 0.2) is 53.4 Å². The Morgan fingerprint density at radius 3 is 1.51 bits per heavy atom. The summed E-state index contributed by atoms with van der Waals surface area (Å²) in [6.45, 7) is 21.1. The zero-order chi connectivity index (χ0) is 25.7. The fourth-order valence-electron chi connectivity index (χ4n) is 6.83. The van der Waals surface area contributed by atoms with Crippen molar-refractivity contribution in [1.82, 2.24) is 0 Å². The van der Waals surface area contributed by atoms with Crippen LogP contribution in [0.5, 0.6) is 5.75 Å². The second-order valence-corrected chi connectivity index (χ2v) is 19.9. The number of hydrogen-bond acceptors (Lipinski definition) is 1. The van der Waals surface area contributed by atoms with Gasteiger partial charge >= 0.3 is 217 Å². The van der Waals surface area contributed by atoms with Gasteiger partial charge in [-0.15, -0.1) is 0 Å². The summed E-state index contributed by atoms with van der Waals surface area (Å²) in [7, 11) is 1.74. The summed E-state index contributed by atoms with van der Waals surface area (Å²) in [5.74, 6) is 0.921. The minimum atomic E-state index is -2.94. The Hall–Kier alpha value is -2.26. The van der Waals surface area contributed by atoms with Gasteiger partial charge in [-0.2, -0.15) is 0 Å². The fourth-order valence-corrected chi connectivity index (χ4v) is 20.7. The van der Waals surface area contributed by atoms with Crippen molar-refractivity contribution in [3.63, 3.8) is 0 Å². The second kappa shape index (κ2) is 9.32. The molecule has 0 saturated carbocycles. The third-order valence-corrected chi connectivity index (χ3v) is 19.5. The van der Waals surface area contributed by atoms with Crippen molar-refractivity contribution in [3.8, 4) is 5.75 Å². The van der Waals surface area contributed by atoms with Crippen molar-refractivity contribution < 1.29 is 4.74 Å². The Morgan fingerprint density at radius 2 is 1.14 bits per heavy atom. The third-order valence-electron chi connectivity index (χ3n) is 7.73. The Bertz CT molecular complexity index is 1180. The van der Waals surface area contributed by atoms with E-state index in [4.69, 9.17) is 4.74 Å². The maximum atomic E-state index is 5.47. The molecular formula is C33H42GeO. The molecule has 4 rings (SSSR count). The van der Waals surface area contributed by atoms with Gasteiger partial charge in [0.25, 0.3) is 0 Å². The van der Waals surface area contributed by atoms with E-state index < -0.39 is 13.3 Å². The SMILES string of the molecule is COc1ccc(C2=[CH][Ge]([c]3c(C)cc(C)cc3C)([c]3c(C)cc(C)cc3C)[CH]2CC(C)(C)C)cc1. The molecule has 0 aromatic heterocycles. The summed E-state index contributed by atoms with van der Waals surface area (Å²) in [5, 5.41) is 0. The molecular weight excluding hydrogens is 485 g/mol. The molecule has 1 nitrogen and oxygen atoms in total. The second-order valence-electron chi connectivity index (χ2n) is 12.1. The summed E-state index contributed by atoms with van der Waals surface area (Å²) in [6.07, 6.45) is 1.20. The number of allylic oxidation sites excluding steroid dienone is 1. The molecule has 35 heavy (non-hydrogen) atoms. The minimum absolute atomic E-state index is 0.242. The molecule has 1 atom stereocenters. The molecule has 0 amide bonds. The van der Waals surface area contributed by atoms with Crippen molar-refractivity contribution in [3.05, 3.63) is 92.4 Å². The first-order valence-corrected chi connectivity index (χ1v) is 17.4. The number of aryl methyl sites for hydroxylation is 6. The molecule has 1 aliphatic rings. The van der Waals surface area contributed by atoms with Crippen LogP contribution in [0.1, 0.15) is 66.1 Å². The van der Waals surface area contributed by atoms with Gasteiger partial charge in [0.2, 0.25) is 0 Å². The number of benzene rings is 3.